The van der Waals surface area contributed by atoms with E-state index in [1.54, 1.807) is 19.2 Å². The van der Waals surface area contributed by atoms with Crippen LogP contribution in [0.5, 0.6) is 0 Å². The van der Waals surface area contributed by atoms with Crippen LogP contribution in [0.4, 0.5) is 5.82 Å². The minimum atomic E-state index is -0.135. The van der Waals surface area contributed by atoms with Crippen LogP contribution in [0, 0.1) is 0 Å². The zero-order valence-electron chi connectivity index (χ0n) is 12.1. The molecule has 0 saturated carbocycles. The molecule has 5 heteroatoms. The van der Waals surface area contributed by atoms with Crippen LogP contribution in [0.1, 0.15) is 56.4 Å². The second-order valence-corrected chi connectivity index (χ2v) is 4.66. The Bertz CT molecular complexity index is 378. The standard InChI is InChI=1S/C14H24N4O/c1-4-6-8-11(7-5-2)16-14(19)12-9-10-13(15-3)18-17-12/h9-11H,4-8H2,1-3H3,(H,15,18)(H,16,19). The first kappa shape index (κ1) is 15.4. The molecule has 0 radical (unpaired) electrons. The van der Waals surface area contributed by atoms with Crippen LogP contribution in [0.25, 0.3) is 0 Å². The van der Waals surface area contributed by atoms with E-state index in [0.717, 1.165) is 32.1 Å². The van der Waals surface area contributed by atoms with Gasteiger partial charge in [0.1, 0.15) is 5.82 Å². The van der Waals surface area contributed by atoms with Gasteiger partial charge in [-0.1, -0.05) is 33.1 Å². The molecule has 1 heterocycles. The van der Waals surface area contributed by atoms with Gasteiger partial charge < -0.3 is 10.6 Å². The Hall–Kier alpha value is -1.65. The van der Waals surface area contributed by atoms with Crippen LogP contribution < -0.4 is 10.6 Å². The summed E-state index contributed by atoms with van der Waals surface area (Å²) < 4.78 is 0. The summed E-state index contributed by atoms with van der Waals surface area (Å²) in [6.45, 7) is 4.29. The zero-order valence-corrected chi connectivity index (χ0v) is 12.1. The SMILES string of the molecule is CCCCC(CCC)NC(=O)c1ccc(NC)nn1. The normalized spacial score (nSPS) is 11.9. The van der Waals surface area contributed by atoms with Crippen LogP contribution in [-0.4, -0.2) is 29.2 Å². The quantitative estimate of drug-likeness (QED) is 0.757. The summed E-state index contributed by atoms with van der Waals surface area (Å²) in [7, 11) is 1.77. The number of nitrogens with one attached hydrogen (secondary N) is 2. The number of amides is 1. The number of aromatic nitrogens is 2. The van der Waals surface area contributed by atoms with Crippen LogP contribution >= 0.6 is 0 Å². The fraction of sp³-hybridized carbons (Fsp3) is 0.643. The maximum Gasteiger partial charge on any atom is 0.272 e. The van der Waals surface area contributed by atoms with E-state index in [-0.39, 0.29) is 11.9 Å². The van der Waals surface area contributed by atoms with E-state index in [1.807, 2.05) is 0 Å². The molecule has 1 aromatic rings. The maximum absolute atomic E-state index is 12.1. The summed E-state index contributed by atoms with van der Waals surface area (Å²) in [5.74, 6) is 0.525. The molecule has 1 atom stereocenters. The predicted molar refractivity (Wildman–Crippen MR) is 77.3 cm³/mol. The first-order valence-corrected chi connectivity index (χ1v) is 7.03. The molecular weight excluding hydrogens is 240 g/mol. The van der Waals surface area contributed by atoms with Crippen molar-refractivity contribution in [3.05, 3.63) is 17.8 Å². The van der Waals surface area contributed by atoms with Gasteiger partial charge >= 0.3 is 0 Å². The maximum atomic E-state index is 12.1. The van der Waals surface area contributed by atoms with Gasteiger partial charge in [0.25, 0.3) is 5.91 Å². The zero-order chi connectivity index (χ0) is 14.1. The highest BCUT2D eigenvalue weighted by Gasteiger charge is 2.14. The number of carbonyl (C=O) groups excluding carboxylic acids is 1. The molecule has 1 rings (SSSR count). The number of carbonyl (C=O) groups is 1. The van der Waals surface area contributed by atoms with Crippen molar-refractivity contribution in [3.8, 4) is 0 Å². The van der Waals surface area contributed by atoms with Crippen molar-refractivity contribution in [2.45, 2.75) is 52.0 Å². The topological polar surface area (TPSA) is 66.9 Å². The van der Waals surface area contributed by atoms with Crippen molar-refractivity contribution in [1.29, 1.82) is 0 Å². The van der Waals surface area contributed by atoms with E-state index in [2.05, 4.69) is 34.7 Å². The molecule has 0 spiro atoms. The predicted octanol–water partition coefficient (Wildman–Crippen LogP) is 2.61. The average Bonchev–Trinajstić information content (AvgIpc) is 2.45. The molecule has 0 aliphatic carbocycles. The van der Waals surface area contributed by atoms with Gasteiger partial charge in [-0.2, -0.15) is 0 Å². The van der Waals surface area contributed by atoms with Gasteiger partial charge in [-0.15, -0.1) is 10.2 Å². The molecule has 5 nitrogen and oxygen atoms in total. The molecule has 1 amide bonds. The van der Waals surface area contributed by atoms with E-state index >= 15 is 0 Å². The number of rotatable bonds is 8. The minimum Gasteiger partial charge on any atom is -0.372 e. The van der Waals surface area contributed by atoms with E-state index < -0.39 is 0 Å². The third-order valence-corrected chi connectivity index (χ3v) is 3.03. The molecule has 2 N–H and O–H groups in total. The molecule has 106 valence electrons. The fourth-order valence-electron chi connectivity index (χ4n) is 1.93. The Labute approximate surface area is 115 Å². The van der Waals surface area contributed by atoms with Gasteiger partial charge in [-0.25, -0.2) is 0 Å². The Morgan fingerprint density at radius 1 is 1.21 bits per heavy atom. The van der Waals surface area contributed by atoms with Crippen LogP contribution in [0.15, 0.2) is 12.1 Å². The van der Waals surface area contributed by atoms with Gasteiger partial charge in [0.15, 0.2) is 5.69 Å². The van der Waals surface area contributed by atoms with Crippen LogP contribution in [-0.2, 0) is 0 Å². The lowest BCUT2D eigenvalue weighted by molar-refractivity contribution is 0.0926. The Balaban J connectivity index is 2.58. The van der Waals surface area contributed by atoms with Crippen LogP contribution in [0.2, 0.25) is 0 Å². The van der Waals surface area contributed by atoms with Gasteiger partial charge in [-0.3, -0.25) is 4.79 Å². The Morgan fingerprint density at radius 3 is 2.53 bits per heavy atom. The van der Waals surface area contributed by atoms with Gasteiger partial charge in [0.2, 0.25) is 0 Å². The molecule has 0 aliphatic heterocycles. The van der Waals surface area contributed by atoms with Gasteiger partial charge in [0.05, 0.1) is 0 Å². The second-order valence-electron chi connectivity index (χ2n) is 4.66. The summed E-state index contributed by atoms with van der Waals surface area (Å²) in [4.78, 5) is 12.1. The van der Waals surface area contributed by atoms with Gasteiger partial charge in [0, 0.05) is 13.1 Å². The lowest BCUT2D eigenvalue weighted by Gasteiger charge is -2.17. The lowest BCUT2D eigenvalue weighted by atomic mass is 10.1. The van der Waals surface area contributed by atoms with E-state index in [4.69, 9.17) is 0 Å². The molecule has 1 aromatic heterocycles. The number of hydrogen-bond donors (Lipinski definition) is 2. The average molecular weight is 264 g/mol. The smallest absolute Gasteiger partial charge is 0.272 e. The minimum absolute atomic E-state index is 0.135. The van der Waals surface area contributed by atoms with Gasteiger partial charge in [-0.05, 0) is 25.0 Å². The largest absolute Gasteiger partial charge is 0.372 e. The van der Waals surface area contributed by atoms with Crippen molar-refractivity contribution in [2.75, 3.05) is 12.4 Å². The summed E-state index contributed by atoms with van der Waals surface area (Å²) in [5, 5.41) is 13.8. The third-order valence-electron chi connectivity index (χ3n) is 3.03. The summed E-state index contributed by atoms with van der Waals surface area (Å²) >= 11 is 0. The van der Waals surface area contributed by atoms with Crippen LogP contribution in [0.3, 0.4) is 0 Å². The molecule has 0 fully saturated rings. The van der Waals surface area contributed by atoms with Crippen molar-refractivity contribution in [1.82, 2.24) is 15.5 Å². The number of unbranched alkanes of at least 4 members (excludes halogenated alkanes) is 1. The first-order chi connectivity index (χ1) is 9.21. The Morgan fingerprint density at radius 2 is 2.00 bits per heavy atom. The summed E-state index contributed by atoms with van der Waals surface area (Å²) in [6.07, 6.45) is 5.38. The molecule has 1 unspecified atom stereocenters. The Kier molecular flexibility index (Phi) is 6.85. The third kappa shape index (κ3) is 5.24. The monoisotopic (exact) mass is 264 g/mol. The molecule has 19 heavy (non-hydrogen) atoms. The molecule has 0 aliphatic rings. The molecule has 0 aromatic carbocycles. The second kappa shape index (κ2) is 8.45. The van der Waals surface area contributed by atoms with E-state index in [1.165, 1.54) is 0 Å². The molecule has 0 bridgehead atoms. The first-order valence-electron chi connectivity index (χ1n) is 7.03. The number of hydrogen-bond acceptors (Lipinski definition) is 4. The number of nitrogens with zero attached hydrogens (tertiary/aromatic N) is 2. The summed E-state index contributed by atoms with van der Waals surface area (Å²) in [6, 6.07) is 3.68. The summed E-state index contributed by atoms with van der Waals surface area (Å²) in [5.41, 5.74) is 0.372. The van der Waals surface area contributed by atoms with E-state index in [0.29, 0.717) is 11.5 Å². The highest BCUT2D eigenvalue weighted by molar-refractivity contribution is 5.92. The highest BCUT2D eigenvalue weighted by Crippen LogP contribution is 2.08. The highest BCUT2D eigenvalue weighted by atomic mass is 16.2. The van der Waals surface area contributed by atoms with E-state index in [9.17, 15) is 4.79 Å². The van der Waals surface area contributed by atoms with Crippen molar-refractivity contribution < 1.29 is 4.79 Å². The number of anilines is 1. The molecule has 0 saturated heterocycles. The lowest BCUT2D eigenvalue weighted by Crippen LogP contribution is -2.35. The van der Waals surface area contributed by atoms with Crippen molar-refractivity contribution in [2.24, 2.45) is 0 Å². The molecular formula is C14H24N4O. The van der Waals surface area contributed by atoms with Crippen molar-refractivity contribution in [3.63, 3.8) is 0 Å². The van der Waals surface area contributed by atoms with Crippen molar-refractivity contribution >= 4 is 11.7 Å². The fourth-order valence-corrected chi connectivity index (χ4v) is 1.93.